The Labute approximate surface area is 114 Å². The van der Waals surface area contributed by atoms with E-state index in [1.165, 1.54) is 5.56 Å². The smallest absolute Gasteiger partial charge is 0.0487 e. The van der Waals surface area contributed by atoms with Gasteiger partial charge in [-0.25, -0.2) is 0 Å². The van der Waals surface area contributed by atoms with E-state index in [4.69, 9.17) is 26.8 Å². The lowest BCUT2D eigenvalue weighted by Crippen LogP contribution is -2.15. The van der Waals surface area contributed by atoms with Crippen LogP contribution in [0.3, 0.4) is 0 Å². The number of ether oxygens (including phenoxy) is 2. The van der Waals surface area contributed by atoms with Crippen molar-refractivity contribution in [1.82, 2.24) is 0 Å². The molecule has 0 saturated heterocycles. The molecule has 0 amide bonds. The Kier molecular flexibility index (Phi) is 8.01. The number of hydrogen-bond acceptors (Lipinski definition) is 3. The summed E-state index contributed by atoms with van der Waals surface area (Å²) in [5.41, 5.74) is 6.98. The first-order chi connectivity index (χ1) is 8.77. The van der Waals surface area contributed by atoms with Gasteiger partial charge in [-0.2, -0.15) is 0 Å². The standard InChI is InChI=1S/C14H22ClNO2/c1-17-7-3-8-18-9-6-13(11-16)12-4-2-5-14(15)10-12/h2,4-5,10,13H,3,6-9,11,16H2,1H3. The molecule has 0 aliphatic rings. The van der Waals surface area contributed by atoms with E-state index in [1.807, 2.05) is 18.2 Å². The fourth-order valence-corrected chi connectivity index (χ4v) is 2.01. The van der Waals surface area contributed by atoms with Crippen LogP contribution < -0.4 is 5.73 Å². The average Bonchev–Trinajstić information content (AvgIpc) is 2.38. The van der Waals surface area contributed by atoms with Gasteiger partial charge in [-0.1, -0.05) is 23.7 Å². The molecule has 0 fully saturated rings. The minimum absolute atomic E-state index is 0.311. The maximum atomic E-state index is 5.98. The Bertz CT molecular complexity index is 333. The highest BCUT2D eigenvalue weighted by atomic mass is 35.5. The summed E-state index contributed by atoms with van der Waals surface area (Å²) in [7, 11) is 1.70. The van der Waals surface area contributed by atoms with Gasteiger partial charge in [0, 0.05) is 32.0 Å². The van der Waals surface area contributed by atoms with Gasteiger partial charge in [-0.05, 0) is 43.0 Å². The van der Waals surface area contributed by atoms with E-state index in [-0.39, 0.29) is 0 Å². The highest BCUT2D eigenvalue weighted by molar-refractivity contribution is 6.30. The molecule has 4 heteroatoms. The molecule has 0 aromatic heterocycles. The minimum Gasteiger partial charge on any atom is -0.385 e. The van der Waals surface area contributed by atoms with Gasteiger partial charge in [-0.3, -0.25) is 0 Å². The van der Waals surface area contributed by atoms with E-state index in [2.05, 4.69) is 6.07 Å². The second-order valence-corrected chi connectivity index (χ2v) is 4.67. The van der Waals surface area contributed by atoms with Crippen LogP contribution in [0.15, 0.2) is 24.3 Å². The number of methoxy groups -OCH3 is 1. The van der Waals surface area contributed by atoms with Gasteiger partial charge in [0.2, 0.25) is 0 Å². The Morgan fingerprint density at radius 2 is 2.11 bits per heavy atom. The molecular weight excluding hydrogens is 250 g/mol. The van der Waals surface area contributed by atoms with Gasteiger partial charge in [0.15, 0.2) is 0 Å². The predicted molar refractivity (Wildman–Crippen MR) is 75.2 cm³/mol. The maximum absolute atomic E-state index is 5.98. The molecular formula is C14H22ClNO2. The van der Waals surface area contributed by atoms with Crippen LogP contribution in [-0.2, 0) is 9.47 Å². The zero-order chi connectivity index (χ0) is 13.2. The van der Waals surface area contributed by atoms with Crippen LogP contribution in [0.2, 0.25) is 5.02 Å². The van der Waals surface area contributed by atoms with E-state index < -0.39 is 0 Å². The van der Waals surface area contributed by atoms with Crippen molar-refractivity contribution in [2.75, 3.05) is 33.5 Å². The third-order valence-electron chi connectivity index (χ3n) is 2.85. The fraction of sp³-hybridized carbons (Fsp3) is 0.571. The Balaban J connectivity index is 2.29. The molecule has 102 valence electrons. The van der Waals surface area contributed by atoms with Crippen molar-refractivity contribution >= 4 is 11.6 Å². The summed E-state index contributed by atoms with van der Waals surface area (Å²) < 4.78 is 10.5. The molecule has 0 heterocycles. The van der Waals surface area contributed by atoms with E-state index in [0.29, 0.717) is 12.5 Å². The SMILES string of the molecule is COCCCOCCC(CN)c1cccc(Cl)c1. The Morgan fingerprint density at radius 3 is 2.78 bits per heavy atom. The molecule has 0 spiro atoms. The molecule has 2 N–H and O–H groups in total. The molecule has 1 aromatic carbocycles. The molecule has 3 nitrogen and oxygen atoms in total. The highest BCUT2D eigenvalue weighted by Gasteiger charge is 2.09. The van der Waals surface area contributed by atoms with Gasteiger partial charge in [0.05, 0.1) is 0 Å². The van der Waals surface area contributed by atoms with Gasteiger partial charge in [0.1, 0.15) is 0 Å². The fourth-order valence-electron chi connectivity index (χ4n) is 1.81. The van der Waals surface area contributed by atoms with E-state index >= 15 is 0 Å². The molecule has 0 radical (unpaired) electrons. The van der Waals surface area contributed by atoms with Crippen LogP contribution in [0.5, 0.6) is 0 Å². The van der Waals surface area contributed by atoms with Crippen molar-refractivity contribution in [2.45, 2.75) is 18.8 Å². The Morgan fingerprint density at radius 1 is 1.28 bits per heavy atom. The maximum Gasteiger partial charge on any atom is 0.0487 e. The minimum atomic E-state index is 0.311. The summed E-state index contributed by atoms with van der Waals surface area (Å²) in [6.45, 7) is 2.81. The molecule has 1 atom stereocenters. The molecule has 18 heavy (non-hydrogen) atoms. The molecule has 1 aromatic rings. The summed E-state index contributed by atoms with van der Waals surface area (Å²) in [6.07, 6.45) is 1.85. The molecule has 1 unspecified atom stereocenters. The van der Waals surface area contributed by atoms with Crippen molar-refractivity contribution in [3.63, 3.8) is 0 Å². The van der Waals surface area contributed by atoms with Crippen LogP contribution in [0, 0.1) is 0 Å². The van der Waals surface area contributed by atoms with Gasteiger partial charge in [-0.15, -0.1) is 0 Å². The highest BCUT2D eigenvalue weighted by Crippen LogP contribution is 2.21. The first-order valence-electron chi connectivity index (χ1n) is 6.30. The third-order valence-corrected chi connectivity index (χ3v) is 3.09. The predicted octanol–water partition coefficient (Wildman–Crippen LogP) is 2.83. The molecule has 1 rings (SSSR count). The zero-order valence-electron chi connectivity index (χ0n) is 10.9. The van der Waals surface area contributed by atoms with Crippen molar-refractivity contribution in [2.24, 2.45) is 5.73 Å². The average molecular weight is 272 g/mol. The number of halogens is 1. The van der Waals surface area contributed by atoms with Gasteiger partial charge in [0.25, 0.3) is 0 Å². The largest absolute Gasteiger partial charge is 0.385 e. The molecule has 0 aliphatic heterocycles. The van der Waals surface area contributed by atoms with Crippen molar-refractivity contribution in [1.29, 1.82) is 0 Å². The van der Waals surface area contributed by atoms with E-state index in [9.17, 15) is 0 Å². The quantitative estimate of drug-likeness (QED) is 0.703. The summed E-state index contributed by atoms with van der Waals surface area (Å²) in [5, 5.41) is 0.756. The number of benzene rings is 1. The second kappa shape index (κ2) is 9.34. The third kappa shape index (κ3) is 5.83. The van der Waals surface area contributed by atoms with Crippen molar-refractivity contribution < 1.29 is 9.47 Å². The molecule has 0 saturated carbocycles. The monoisotopic (exact) mass is 271 g/mol. The first-order valence-corrected chi connectivity index (χ1v) is 6.68. The van der Waals surface area contributed by atoms with Crippen LogP contribution in [0.25, 0.3) is 0 Å². The number of nitrogens with two attached hydrogens (primary N) is 1. The summed E-state index contributed by atoms with van der Waals surface area (Å²) in [6, 6.07) is 7.87. The van der Waals surface area contributed by atoms with E-state index in [1.54, 1.807) is 7.11 Å². The Hall–Kier alpha value is -0.610. The molecule has 0 aliphatic carbocycles. The van der Waals surface area contributed by atoms with Crippen LogP contribution in [0.1, 0.15) is 24.3 Å². The lowest BCUT2D eigenvalue weighted by molar-refractivity contribution is 0.0984. The second-order valence-electron chi connectivity index (χ2n) is 4.24. The topological polar surface area (TPSA) is 44.5 Å². The normalized spacial score (nSPS) is 12.6. The van der Waals surface area contributed by atoms with Crippen molar-refractivity contribution in [3.05, 3.63) is 34.9 Å². The molecule has 0 bridgehead atoms. The van der Waals surface area contributed by atoms with Gasteiger partial charge < -0.3 is 15.2 Å². The van der Waals surface area contributed by atoms with Gasteiger partial charge >= 0.3 is 0 Å². The summed E-state index contributed by atoms with van der Waals surface area (Å²) in [4.78, 5) is 0. The first kappa shape index (κ1) is 15.4. The van der Waals surface area contributed by atoms with E-state index in [0.717, 1.165) is 37.7 Å². The van der Waals surface area contributed by atoms with Crippen molar-refractivity contribution in [3.8, 4) is 0 Å². The number of rotatable bonds is 9. The summed E-state index contributed by atoms with van der Waals surface area (Å²) >= 11 is 5.98. The zero-order valence-corrected chi connectivity index (χ0v) is 11.7. The lowest BCUT2D eigenvalue weighted by atomic mass is 9.96. The van der Waals surface area contributed by atoms with Crippen LogP contribution >= 0.6 is 11.6 Å². The van der Waals surface area contributed by atoms with Crippen LogP contribution in [-0.4, -0.2) is 33.5 Å². The summed E-state index contributed by atoms with van der Waals surface area (Å²) in [5.74, 6) is 0.311. The number of hydrogen-bond donors (Lipinski definition) is 1. The van der Waals surface area contributed by atoms with Crippen LogP contribution in [0.4, 0.5) is 0 Å². The lowest BCUT2D eigenvalue weighted by Gasteiger charge is -2.15.